The average molecular weight is 490 g/mol. The molecule has 1 aromatic heterocycles. The number of carbonyl (C=O) groups is 1. The van der Waals surface area contributed by atoms with E-state index in [1.54, 1.807) is 26.1 Å². The molecule has 2 heterocycles. The van der Waals surface area contributed by atoms with E-state index in [9.17, 15) is 9.90 Å². The fourth-order valence-electron chi connectivity index (χ4n) is 4.53. The van der Waals surface area contributed by atoms with Gasteiger partial charge in [0.25, 0.3) is 0 Å². The van der Waals surface area contributed by atoms with Crippen LogP contribution in [0.3, 0.4) is 0 Å². The first-order chi connectivity index (χ1) is 16.2. The predicted molar refractivity (Wildman–Crippen MR) is 122 cm³/mol. The Morgan fingerprint density at radius 1 is 1.32 bits per heavy atom. The normalized spacial score (nSPS) is 18.9. The highest BCUT2D eigenvalue weighted by atomic mass is 35.5. The van der Waals surface area contributed by atoms with Gasteiger partial charge in [-0.25, -0.2) is 13.8 Å². The molecule has 0 aliphatic carbocycles. The Balaban J connectivity index is 2.06. The second kappa shape index (κ2) is 8.73. The lowest BCUT2D eigenvalue weighted by atomic mass is 9.79. The van der Waals surface area contributed by atoms with Gasteiger partial charge in [-0.3, -0.25) is 4.79 Å². The molecule has 3 aromatic rings. The number of carbonyl (C=O) groups excluding carboxylic acids is 1. The van der Waals surface area contributed by atoms with Gasteiger partial charge in [-0.1, -0.05) is 24.6 Å². The van der Waals surface area contributed by atoms with Crippen LogP contribution < -0.4 is 20.5 Å². The highest BCUT2D eigenvalue weighted by Crippen LogP contribution is 2.56. The van der Waals surface area contributed by atoms with E-state index >= 15 is 8.78 Å². The van der Waals surface area contributed by atoms with Crippen molar-refractivity contribution in [2.45, 2.75) is 18.4 Å². The Hall–Kier alpha value is -3.43. The number of rotatable bonds is 6. The lowest BCUT2D eigenvalue weighted by molar-refractivity contribution is 0.0666. The summed E-state index contributed by atoms with van der Waals surface area (Å²) in [4.78, 5) is 16.4. The number of halogens is 3. The zero-order valence-corrected chi connectivity index (χ0v) is 19.3. The minimum absolute atomic E-state index is 0.0625. The fraction of sp³-hybridized carbons (Fsp3) is 0.250. The number of hydrogen-bond acceptors (Lipinski definition) is 6. The number of nitrogens with zero attached hydrogens (tertiary/aromatic N) is 1. The van der Waals surface area contributed by atoms with Crippen LogP contribution in [0.2, 0.25) is 5.02 Å². The predicted octanol–water partition coefficient (Wildman–Crippen LogP) is 4.10. The van der Waals surface area contributed by atoms with Crippen LogP contribution in [0.15, 0.2) is 36.4 Å². The number of hydrogen-bond donors (Lipinski definition) is 3. The van der Waals surface area contributed by atoms with E-state index < -0.39 is 34.1 Å². The SMILES string of the molecule is CNC[C@]1(c2cccc(O)n2)Oc2cc(F)c(Cl)c(-c3c(C(N)=O)ccc(OC)c3F)c2[C@@H]1C. The number of ether oxygens (including phenoxy) is 2. The van der Waals surface area contributed by atoms with Crippen LogP contribution in [0.25, 0.3) is 11.1 Å². The van der Waals surface area contributed by atoms with Crippen molar-refractivity contribution in [3.8, 4) is 28.5 Å². The van der Waals surface area contributed by atoms with Crippen LogP contribution in [0.1, 0.15) is 34.5 Å². The Morgan fingerprint density at radius 3 is 2.68 bits per heavy atom. The highest BCUT2D eigenvalue weighted by Gasteiger charge is 2.50. The molecule has 2 atom stereocenters. The van der Waals surface area contributed by atoms with E-state index in [2.05, 4.69) is 10.3 Å². The number of aromatic nitrogens is 1. The van der Waals surface area contributed by atoms with Crippen LogP contribution in [0.4, 0.5) is 8.78 Å². The van der Waals surface area contributed by atoms with Crippen LogP contribution in [-0.4, -0.2) is 36.7 Å². The number of aromatic hydroxyl groups is 1. The highest BCUT2D eigenvalue weighted by molar-refractivity contribution is 6.34. The quantitative estimate of drug-likeness (QED) is 0.481. The number of benzene rings is 2. The van der Waals surface area contributed by atoms with E-state index in [1.165, 1.54) is 25.3 Å². The van der Waals surface area contributed by atoms with Crippen LogP contribution in [0.5, 0.6) is 17.4 Å². The van der Waals surface area contributed by atoms with Gasteiger partial charge >= 0.3 is 0 Å². The van der Waals surface area contributed by atoms with Crippen molar-refractivity contribution in [1.29, 1.82) is 0 Å². The molecular formula is C24H22ClF2N3O4. The Kier molecular flexibility index (Phi) is 6.09. The average Bonchev–Trinajstić information content (AvgIpc) is 3.07. The first-order valence-corrected chi connectivity index (χ1v) is 10.7. The molecule has 4 N–H and O–H groups in total. The summed E-state index contributed by atoms with van der Waals surface area (Å²) >= 11 is 6.40. The van der Waals surface area contributed by atoms with Gasteiger partial charge in [0.2, 0.25) is 11.8 Å². The summed E-state index contributed by atoms with van der Waals surface area (Å²) in [5.41, 5.74) is 4.51. The number of nitrogens with two attached hydrogens (primary N) is 1. The molecule has 0 unspecified atom stereocenters. The molecule has 0 saturated heterocycles. The summed E-state index contributed by atoms with van der Waals surface area (Å²) < 4.78 is 42.0. The smallest absolute Gasteiger partial charge is 0.249 e. The maximum Gasteiger partial charge on any atom is 0.249 e. The van der Waals surface area contributed by atoms with Gasteiger partial charge in [-0.15, -0.1) is 0 Å². The first kappa shape index (κ1) is 23.7. The second-order valence-electron chi connectivity index (χ2n) is 7.95. The minimum atomic E-state index is -1.20. The van der Waals surface area contributed by atoms with Crippen molar-refractivity contribution in [3.05, 3.63) is 69.9 Å². The zero-order chi connectivity index (χ0) is 24.8. The van der Waals surface area contributed by atoms with Crippen molar-refractivity contribution in [2.24, 2.45) is 5.73 Å². The van der Waals surface area contributed by atoms with Gasteiger partial charge in [0.1, 0.15) is 11.6 Å². The molecule has 0 bridgehead atoms. The number of amides is 1. The van der Waals surface area contributed by atoms with Gasteiger partial charge in [-0.05, 0) is 25.2 Å². The molecule has 0 spiro atoms. The molecule has 34 heavy (non-hydrogen) atoms. The second-order valence-corrected chi connectivity index (χ2v) is 8.33. The summed E-state index contributed by atoms with van der Waals surface area (Å²) in [5, 5.41) is 12.6. The van der Waals surface area contributed by atoms with E-state index in [0.717, 1.165) is 6.07 Å². The van der Waals surface area contributed by atoms with E-state index in [-0.39, 0.29) is 40.6 Å². The zero-order valence-electron chi connectivity index (χ0n) is 18.6. The summed E-state index contributed by atoms with van der Waals surface area (Å²) in [6.07, 6.45) is 0. The number of nitrogens with one attached hydrogen (secondary N) is 1. The summed E-state index contributed by atoms with van der Waals surface area (Å²) in [6, 6.07) is 8.35. The third-order valence-electron chi connectivity index (χ3n) is 6.10. The lowest BCUT2D eigenvalue weighted by Crippen LogP contribution is -2.43. The number of primary amides is 1. The van der Waals surface area contributed by atoms with Gasteiger partial charge in [0.05, 0.1) is 23.4 Å². The summed E-state index contributed by atoms with van der Waals surface area (Å²) in [7, 11) is 2.96. The molecule has 0 saturated carbocycles. The summed E-state index contributed by atoms with van der Waals surface area (Å²) in [5.74, 6) is -3.58. The number of likely N-dealkylation sites (N-methyl/N-ethyl adjacent to an activating group) is 1. The van der Waals surface area contributed by atoms with E-state index in [1.807, 2.05) is 0 Å². The van der Waals surface area contributed by atoms with E-state index in [4.69, 9.17) is 26.8 Å². The van der Waals surface area contributed by atoms with Gasteiger partial charge in [-0.2, -0.15) is 0 Å². The van der Waals surface area contributed by atoms with Gasteiger partial charge in [0.15, 0.2) is 17.2 Å². The van der Waals surface area contributed by atoms with Crippen LogP contribution >= 0.6 is 11.6 Å². The monoisotopic (exact) mass is 489 g/mol. The van der Waals surface area contributed by atoms with Crippen molar-refractivity contribution >= 4 is 17.5 Å². The molecule has 7 nitrogen and oxygen atoms in total. The first-order valence-electron chi connectivity index (χ1n) is 10.3. The minimum Gasteiger partial charge on any atom is -0.494 e. The summed E-state index contributed by atoms with van der Waals surface area (Å²) in [6.45, 7) is 2.00. The Labute approximate surface area is 199 Å². The standard InChI is InChI=1S/C24H22ClF2N3O4/c1-11-18-15(34-24(11,10-29-2)16-5-4-6-17(31)30-16)9-13(26)21(25)20(18)19-12(23(28)32)7-8-14(33-3)22(19)27/h4-9,11,29H,10H2,1-3H3,(H2,28,32)(H,30,31)/t11-,24-/m0/s1. The topological polar surface area (TPSA) is 107 Å². The van der Waals surface area contributed by atoms with Gasteiger partial charge < -0.3 is 25.6 Å². The number of methoxy groups -OCH3 is 1. The largest absolute Gasteiger partial charge is 0.494 e. The molecule has 1 aliphatic heterocycles. The molecular weight excluding hydrogens is 468 g/mol. The van der Waals surface area contributed by atoms with Crippen LogP contribution in [0, 0.1) is 11.6 Å². The number of fused-ring (bicyclic) bond motifs is 1. The molecule has 0 fully saturated rings. The lowest BCUT2D eigenvalue weighted by Gasteiger charge is -2.32. The molecule has 10 heteroatoms. The fourth-order valence-corrected chi connectivity index (χ4v) is 4.78. The molecule has 1 amide bonds. The third kappa shape index (κ3) is 3.52. The Bertz CT molecular complexity index is 1300. The maximum atomic E-state index is 15.6. The van der Waals surface area contributed by atoms with Crippen LogP contribution in [-0.2, 0) is 5.60 Å². The van der Waals surface area contributed by atoms with Crippen molar-refractivity contribution in [1.82, 2.24) is 10.3 Å². The maximum absolute atomic E-state index is 15.6. The van der Waals surface area contributed by atoms with Crippen molar-refractivity contribution in [3.63, 3.8) is 0 Å². The van der Waals surface area contributed by atoms with E-state index in [0.29, 0.717) is 11.3 Å². The molecule has 4 rings (SSSR count). The van der Waals surface area contributed by atoms with Gasteiger partial charge in [0, 0.05) is 41.3 Å². The van der Waals surface area contributed by atoms with Crippen molar-refractivity contribution in [2.75, 3.05) is 20.7 Å². The molecule has 2 aromatic carbocycles. The number of pyridine rings is 1. The molecule has 178 valence electrons. The molecule has 1 aliphatic rings. The Morgan fingerprint density at radius 2 is 2.06 bits per heavy atom. The third-order valence-corrected chi connectivity index (χ3v) is 6.47. The van der Waals surface area contributed by atoms with Crippen molar-refractivity contribution < 1.29 is 28.2 Å². The molecule has 0 radical (unpaired) electrons.